The molecule has 0 unspecified atom stereocenters. The Labute approximate surface area is 192 Å². The molecule has 0 spiro atoms. The Morgan fingerprint density at radius 1 is 1.09 bits per heavy atom. The van der Waals surface area contributed by atoms with Crippen molar-refractivity contribution in [1.82, 2.24) is 14.5 Å². The van der Waals surface area contributed by atoms with Crippen molar-refractivity contribution in [1.29, 1.82) is 0 Å². The minimum atomic E-state index is -3.62. The average Bonchev–Trinajstić information content (AvgIpc) is 3.20. The third kappa shape index (κ3) is 5.58. The van der Waals surface area contributed by atoms with Gasteiger partial charge in [0.15, 0.2) is 6.61 Å². The molecule has 1 saturated heterocycles. The first kappa shape index (κ1) is 22.9. The summed E-state index contributed by atoms with van der Waals surface area (Å²) in [6.45, 7) is 2.59. The van der Waals surface area contributed by atoms with Crippen molar-refractivity contribution in [3.8, 4) is 17.2 Å². The smallest absolute Gasteiger partial charge is 0.262 e. The van der Waals surface area contributed by atoms with Crippen LogP contribution >= 0.6 is 0 Å². The first-order chi connectivity index (χ1) is 15.9. The summed E-state index contributed by atoms with van der Waals surface area (Å²) in [5, 5.41) is 10.2. The van der Waals surface area contributed by atoms with Crippen LogP contribution in [0.4, 0.5) is 5.69 Å². The fraction of sp³-hybridized carbons (Fsp3) is 0.348. The largest absolute Gasteiger partial charge is 0.484 e. The van der Waals surface area contributed by atoms with Crippen molar-refractivity contribution in [2.45, 2.75) is 37.5 Å². The van der Waals surface area contributed by atoms with Crippen molar-refractivity contribution in [2.75, 3.05) is 25.0 Å². The summed E-state index contributed by atoms with van der Waals surface area (Å²) >= 11 is 0. The number of carbonyl (C=O) groups excluding carboxylic acids is 1. The molecular weight excluding hydrogens is 444 g/mol. The van der Waals surface area contributed by atoms with Gasteiger partial charge in [0.25, 0.3) is 5.91 Å². The zero-order valence-electron chi connectivity index (χ0n) is 18.4. The molecular formula is C23H26N4O5S. The molecule has 174 valence electrons. The first-order valence-electron chi connectivity index (χ1n) is 10.8. The second-order valence-corrected chi connectivity index (χ2v) is 9.81. The van der Waals surface area contributed by atoms with Crippen LogP contribution in [0.1, 0.15) is 31.2 Å². The molecule has 3 aromatic rings. The van der Waals surface area contributed by atoms with Gasteiger partial charge < -0.3 is 14.5 Å². The fourth-order valence-corrected chi connectivity index (χ4v) is 5.48. The van der Waals surface area contributed by atoms with Crippen LogP contribution in [0.25, 0.3) is 11.5 Å². The first-order valence-corrected chi connectivity index (χ1v) is 12.3. The van der Waals surface area contributed by atoms with Crippen LogP contribution in [0.15, 0.2) is 58.2 Å². The summed E-state index contributed by atoms with van der Waals surface area (Å²) < 4.78 is 38.6. The molecule has 2 heterocycles. The minimum Gasteiger partial charge on any atom is -0.484 e. The molecule has 1 fully saturated rings. The van der Waals surface area contributed by atoms with Crippen molar-refractivity contribution >= 4 is 21.6 Å². The van der Waals surface area contributed by atoms with E-state index in [4.69, 9.17) is 9.15 Å². The molecule has 0 saturated carbocycles. The van der Waals surface area contributed by atoms with E-state index in [0.717, 1.165) is 31.2 Å². The highest BCUT2D eigenvalue weighted by molar-refractivity contribution is 7.89. The third-order valence-corrected chi connectivity index (χ3v) is 7.53. The Balaban J connectivity index is 1.39. The summed E-state index contributed by atoms with van der Waals surface area (Å²) in [6.07, 6.45) is 5.06. The van der Waals surface area contributed by atoms with Gasteiger partial charge in [-0.15, -0.1) is 10.2 Å². The number of hydrogen-bond acceptors (Lipinski definition) is 7. The Morgan fingerprint density at radius 3 is 2.48 bits per heavy atom. The number of ether oxygens (including phenoxy) is 1. The molecule has 33 heavy (non-hydrogen) atoms. The maximum Gasteiger partial charge on any atom is 0.262 e. The molecule has 2 aromatic carbocycles. The van der Waals surface area contributed by atoms with Gasteiger partial charge in [-0.3, -0.25) is 4.79 Å². The SMILES string of the molecule is Cc1ccc(NC(=O)COc2ccc(-c3nnco3)cc2)cc1S(=O)(=O)N1CCCCCC1. The van der Waals surface area contributed by atoms with Crippen molar-refractivity contribution in [3.05, 3.63) is 54.4 Å². The molecule has 9 nitrogen and oxygen atoms in total. The maximum atomic E-state index is 13.2. The number of sulfonamides is 1. The fourth-order valence-electron chi connectivity index (χ4n) is 3.72. The van der Waals surface area contributed by atoms with Gasteiger partial charge in [-0.1, -0.05) is 18.9 Å². The van der Waals surface area contributed by atoms with Gasteiger partial charge >= 0.3 is 0 Å². The highest BCUT2D eigenvalue weighted by Gasteiger charge is 2.27. The molecule has 1 amide bonds. The molecule has 10 heteroatoms. The van der Waals surface area contributed by atoms with E-state index < -0.39 is 15.9 Å². The van der Waals surface area contributed by atoms with E-state index in [2.05, 4.69) is 15.5 Å². The highest BCUT2D eigenvalue weighted by Crippen LogP contribution is 2.26. The maximum absolute atomic E-state index is 13.2. The quantitative estimate of drug-likeness (QED) is 0.561. The number of nitrogens with one attached hydrogen (secondary N) is 1. The summed E-state index contributed by atoms with van der Waals surface area (Å²) in [4.78, 5) is 12.6. The van der Waals surface area contributed by atoms with E-state index in [1.54, 1.807) is 47.6 Å². The molecule has 1 aliphatic rings. The normalized spacial score (nSPS) is 15.1. The molecule has 0 atom stereocenters. The summed E-state index contributed by atoms with van der Waals surface area (Å²) in [6, 6.07) is 11.8. The van der Waals surface area contributed by atoms with E-state index in [0.29, 0.717) is 36.0 Å². The van der Waals surface area contributed by atoms with Gasteiger partial charge in [0.05, 0.1) is 4.90 Å². The Bertz CT molecular complexity index is 1190. The molecule has 1 aliphatic heterocycles. The monoisotopic (exact) mass is 470 g/mol. The van der Waals surface area contributed by atoms with E-state index in [1.807, 2.05) is 0 Å². The van der Waals surface area contributed by atoms with E-state index in [-0.39, 0.29) is 11.5 Å². The van der Waals surface area contributed by atoms with Gasteiger partial charge in [0, 0.05) is 24.3 Å². The standard InChI is InChI=1S/C23H26N4O5S/c1-17-6-9-19(14-21(17)33(29,30)27-12-4-2-3-5-13-27)25-22(28)15-31-20-10-7-18(8-11-20)23-26-24-16-32-23/h6-11,14,16H,2-5,12-13,15H2,1H3,(H,25,28). The topological polar surface area (TPSA) is 115 Å². The van der Waals surface area contributed by atoms with Crippen LogP contribution in [0, 0.1) is 6.92 Å². The molecule has 4 rings (SSSR count). The molecule has 0 aliphatic carbocycles. The van der Waals surface area contributed by atoms with Gasteiger partial charge in [-0.2, -0.15) is 4.31 Å². The van der Waals surface area contributed by atoms with Crippen molar-refractivity contribution in [2.24, 2.45) is 0 Å². The number of aryl methyl sites for hydroxylation is 1. The van der Waals surface area contributed by atoms with Gasteiger partial charge in [-0.25, -0.2) is 8.42 Å². The average molecular weight is 471 g/mol. The van der Waals surface area contributed by atoms with Gasteiger partial charge in [0.2, 0.25) is 22.3 Å². The number of nitrogens with zero attached hydrogens (tertiary/aromatic N) is 3. The second kappa shape index (κ2) is 10.1. The van der Waals surface area contributed by atoms with Crippen molar-refractivity contribution < 1.29 is 22.4 Å². The third-order valence-electron chi connectivity index (χ3n) is 5.49. The molecule has 0 radical (unpaired) electrons. The lowest BCUT2D eigenvalue weighted by Gasteiger charge is -2.21. The summed E-state index contributed by atoms with van der Waals surface area (Å²) in [5.41, 5.74) is 1.80. The number of amides is 1. The predicted molar refractivity (Wildman–Crippen MR) is 122 cm³/mol. The number of hydrogen-bond donors (Lipinski definition) is 1. The highest BCUT2D eigenvalue weighted by atomic mass is 32.2. The van der Waals surface area contributed by atoms with E-state index >= 15 is 0 Å². The van der Waals surface area contributed by atoms with Crippen LogP contribution in [-0.2, 0) is 14.8 Å². The van der Waals surface area contributed by atoms with Gasteiger partial charge in [0.1, 0.15) is 5.75 Å². The van der Waals surface area contributed by atoms with Crippen LogP contribution in [0.3, 0.4) is 0 Å². The lowest BCUT2D eigenvalue weighted by Crippen LogP contribution is -2.32. The zero-order chi connectivity index (χ0) is 23.3. The summed E-state index contributed by atoms with van der Waals surface area (Å²) in [5.74, 6) is 0.504. The van der Waals surface area contributed by atoms with Crippen LogP contribution in [0.2, 0.25) is 0 Å². The van der Waals surface area contributed by atoms with Crippen molar-refractivity contribution in [3.63, 3.8) is 0 Å². The lowest BCUT2D eigenvalue weighted by molar-refractivity contribution is -0.118. The zero-order valence-corrected chi connectivity index (χ0v) is 19.2. The second-order valence-electron chi connectivity index (χ2n) is 7.90. The number of benzene rings is 2. The van der Waals surface area contributed by atoms with Gasteiger partial charge in [-0.05, 0) is 61.7 Å². The number of rotatable bonds is 7. The Kier molecular flexibility index (Phi) is 7.05. The molecule has 1 aromatic heterocycles. The number of anilines is 1. The Morgan fingerprint density at radius 2 is 1.82 bits per heavy atom. The van der Waals surface area contributed by atoms with E-state index in [9.17, 15) is 13.2 Å². The molecule has 1 N–H and O–H groups in total. The predicted octanol–water partition coefficient (Wildman–Crippen LogP) is 3.63. The Hall–Kier alpha value is -3.24. The van der Waals surface area contributed by atoms with Crippen LogP contribution in [0.5, 0.6) is 5.75 Å². The van der Waals surface area contributed by atoms with E-state index in [1.165, 1.54) is 12.5 Å². The number of aromatic nitrogens is 2. The summed E-state index contributed by atoms with van der Waals surface area (Å²) in [7, 11) is -3.62. The lowest BCUT2D eigenvalue weighted by atomic mass is 10.2. The molecule has 0 bridgehead atoms. The van der Waals surface area contributed by atoms with Crippen LogP contribution in [-0.4, -0.2) is 48.5 Å². The van der Waals surface area contributed by atoms with Crippen LogP contribution < -0.4 is 10.1 Å². The number of carbonyl (C=O) groups is 1. The minimum absolute atomic E-state index is 0.220.